The molecule has 0 bridgehead atoms. The highest BCUT2D eigenvalue weighted by Gasteiger charge is 2.55. The minimum absolute atomic E-state index is 0.0549. The van der Waals surface area contributed by atoms with E-state index in [0.717, 1.165) is 42.4 Å². The van der Waals surface area contributed by atoms with Crippen LogP contribution >= 0.6 is 0 Å². The van der Waals surface area contributed by atoms with E-state index >= 15 is 0 Å². The maximum atomic E-state index is 13.5. The molecule has 1 spiro atoms. The average Bonchev–Trinajstić information content (AvgIpc) is 2.90. The molecule has 2 aliphatic rings. The molecule has 4 amide bonds. The average molecular weight is 409 g/mol. The molecule has 3 rings (SSSR count). The Labute approximate surface area is 165 Å². The first-order valence-electron chi connectivity index (χ1n) is 9.27. The molecule has 0 unspecified atom stereocenters. The van der Waals surface area contributed by atoms with Crippen molar-refractivity contribution in [3.63, 3.8) is 0 Å². The van der Waals surface area contributed by atoms with Gasteiger partial charge in [-0.15, -0.1) is 0 Å². The van der Waals surface area contributed by atoms with E-state index in [1.54, 1.807) is 0 Å². The summed E-state index contributed by atoms with van der Waals surface area (Å²) in [5.74, 6) is -3.99. The molecule has 10 heteroatoms. The molecule has 2 N–H and O–H groups in total. The first-order chi connectivity index (χ1) is 13.7. The van der Waals surface area contributed by atoms with E-state index in [-0.39, 0.29) is 5.92 Å². The van der Waals surface area contributed by atoms with Crippen molar-refractivity contribution in [1.29, 1.82) is 0 Å². The Morgan fingerprint density at radius 1 is 1.31 bits per heavy atom. The van der Waals surface area contributed by atoms with E-state index < -0.39 is 59.8 Å². The zero-order valence-corrected chi connectivity index (χ0v) is 15.8. The van der Waals surface area contributed by atoms with Crippen LogP contribution in [0.4, 0.5) is 19.3 Å². The highest BCUT2D eigenvalue weighted by molar-refractivity contribution is 6.09. The topological polar surface area (TPSA) is 105 Å². The van der Waals surface area contributed by atoms with Gasteiger partial charge < -0.3 is 15.4 Å². The molecule has 8 nitrogen and oxygen atoms in total. The lowest BCUT2D eigenvalue weighted by Crippen LogP contribution is -2.54. The summed E-state index contributed by atoms with van der Waals surface area (Å²) in [6.45, 7) is 0.468. The number of carbonyl (C=O) groups is 4. The van der Waals surface area contributed by atoms with E-state index in [9.17, 15) is 28.0 Å². The zero-order chi connectivity index (χ0) is 21.2. The number of rotatable bonds is 5. The molecule has 2 fully saturated rings. The second-order valence-corrected chi connectivity index (χ2v) is 7.27. The van der Waals surface area contributed by atoms with Crippen LogP contribution in [-0.4, -0.2) is 47.4 Å². The zero-order valence-electron chi connectivity index (χ0n) is 15.8. The molecule has 1 saturated carbocycles. The number of anilines is 1. The van der Waals surface area contributed by atoms with Crippen molar-refractivity contribution < 1.29 is 32.7 Å². The lowest BCUT2D eigenvalue weighted by molar-refractivity contribution is -0.150. The third kappa shape index (κ3) is 4.20. The number of nitrogens with one attached hydrogen (secondary N) is 2. The molecule has 1 aromatic rings. The van der Waals surface area contributed by atoms with Crippen molar-refractivity contribution >= 4 is 29.5 Å². The van der Waals surface area contributed by atoms with Gasteiger partial charge in [-0.1, -0.05) is 19.8 Å². The van der Waals surface area contributed by atoms with Gasteiger partial charge >= 0.3 is 12.0 Å². The number of imide groups is 1. The maximum absolute atomic E-state index is 13.5. The maximum Gasteiger partial charge on any atom is 0.326 e. The van der Waals surface area contributed by atoms with E-state index in [1.807, 2.05) is 6.92 Å². The summed E-state index contributed by atoms with van der Waals surface area (Å²) in [7, 11) is 0. The van der Waals surface area contributed by atoms with Crippen molar-refractivity contribution in [2.24, 2.45) is 5.92 Å². The van der Waals surface area contributed by atoms with E-state index in [0.29, 0.717) is 6.42 Å². The van der Waals surface area contributed by atoms with Gasteiger partial charge in [0.05, 0.1) is 5.69 Å². The summed E-state index contributed by atoms with van der Waals surface area (Å²) >= 11 is 0. The Bertz CT molecular complexity index is 862. The van der Waals surface area contributed by atoms with Gasteiger partial charge in [-0.05, 0) is 30.9 Å². The van der Waals surface area contributed by atoms with Gasteiger partial charge in [0.25, 0.3) is 11.8 Å². The standard InChI is InChI=1S/C19H21F2N3O5/c1-11-4-2-3-7-19(11)17(27)24(18(28)23-19)9-16(26)29-10-15(25)22-14-8-12(20)5-6-13(14)21/h5-6,8,11H,2-4,7,9-10H2,1H3,(H,22,25)(H,23,28)/t11-,19+/m1/s1. The van der Waals surface area contributed by atoms with E-state index in [2.05, 4.69) is 10.6 Å². The summed E-state index contributed by atoms with van der Waals surface area (Å²) in [6, 6.07) is 1.85. The van der Waals surface area contributed by atoms with Crippen LogP contribution in [0.25, 0.3) is 0 Å². The van der Waals surface area contributed by atoms with Gasteiger partial charge in [0.1, 0.15) is 23.7 Å². The molecule has 1 aromatic carbocycles. The van der Waals surface area contributed by atoms with Crippen LogP contribution in [-0.2, 0) is 19.1 Å². The van der Waals surface area contributed by atoms with Gasteiger partial charge in [-0.2, -0.15) is 0 Å². The number of carbonyl (C=O) groups excluding carboxylic acids is 4. The smallest absolute Gasteiger partial charge is 0.326 e. The molecular weight excluding hydrogens is 388 g/mol. The minimum Gasteiger partial charge on any atom is -0.454 e. The van der Waals surface area contributed by atoms with Crippen molar-refractivity contribution in [1.82, 2.24) is 10.2 Å². The molecule has 1 saturated heterocycles. The second kappa shape index (κ2) is 8.14. The monoisotopic (exact) mass is 409 g/mol. The highest BCUT2D eigenvalue weighted by atomic mass is 19.1. The van der Waals surface area contributed by atoms with E-state index in [1.165, 1.54) is 0 Å². The fourth-order valence-electron chi connectivity index (χ4n) is 3.74. The Morgan fingerprint density at radius 2 is 2.07 bits per heavy atom. The van der Waals surface area contributed by atoms with Crippen molar-refractivity contribution in [2.75, 3.05) is 18.5 Å². The number of halogens is 2. The van der Waals surface area contributed by atoms with Crippen LogP contribution in [0.15, 0.2) is 18.2 Å². The summed E-state index contributed by atoms with van der Waals surface area (Å²) in [5, 5.41) is 4.79. The predicted octanol–water partition coefficient (Wildman–Crippen LogP) is 1.95. The molecule has 0 radical (unpaired) electrons. The molecule has 29 heavy (non-hydrogen) atoms. The van der Waals surface area contributed by atoms with Gasteiger partial charge in [0.2, 0.25) is 0 Å². The predicted molar refractivity (Wildman–Crippen MR) is 96.6 cm³/mol. The molecule has 156 valence electrons. The summed E-state index contributed by atoms with van der Waals surface area (Å²) < 4.78 is 31.4. The number of benzene rings is 1. The fraction of sp³-hybridized carbons (Fsp3) is 0.474. The van der Waals surface area contributed by atoms with Crippen LogP contribution in [0.5, 0.6) is 0 Å². The third-order valence-corrected chi connectivity index (χ3v) is 5.36. The first kappa shape index (κ1) is 20.7. The molecule has 0 aromatic heterocycles. The number of hydrogen-bond acceptors (Lipinski definition) is 5. The van der Waals surface area contributed by atoms with Crippen LogP contribution in [0.3, 0.4) is 0 Å². The second-order valence-electron chi connectivity index (χ2n) is 7.27. The Kier molecular flexibility index (Phi) is 5.81. The first-order valence-corrected chi connectivity index (χ1v) is 9.27. The molecule has 2 atom stereocenters. The lowest BCUT2D eigenvalue weighted by Gasteiger charge is -2.36. The van der Waals surface area contributed by atoms with E-state index in [4.69, 9.17) is 4.74 Å². The molecule has 1 heterocycles. The van der Waals surface area contributed by atoms with Crippen LogP contribution in [0, 0.1) is 17.6 Å². The minimum atomic E-state index is -0.998. The van der Waals surface area contributed by atoms with Crippen LogP contribution < -0.4 is 10.6 Å². The number of esters is 1. The summed E-state index contributed by atoms with van der Waals surface area (Å²) in [6.07, 6.45) is 3.06. The normalized spacial score (nSPS) is 23.8. The molecule has 1 aliphatic heterocycles. The molecule has 1 aliphatic carbocycles. The highest BCUT2D eigenvalue weighted by Crippen LogP contribution is 2.38. The van der Waals surface area contributed by atoms with Crippen molar-refractivity contribution in [3.8, 4) is 0 Å². The number of amides is 4. The van der Waals surface area contributed by atoms with Gasteiger partial charge in [-0.3, -0.25) is 19.3 Å². The Hall–Kier alpha value is -3.04. The van der Waals surface area contributed by atoms with Gasteiger partial charge in [-0.25, -0.2) is 13.6 Å². The Morgan fingerprint density at radius 3 is 2.79 bits per heavy atom. The van der Waals surface area contributed by atoms with Gasteiger partial charge in [0, 0.05) is 6.07 Å². The largest absolute Gasteiger partial charge is 0.454 e. The van der Waals surface area contributed by atoms with Crippen LogP contribution in [0.1, 0.15) is 32.6 Å². The third-order valence-electron chi connectivity index (χ3n) is 5.36. The number of hydrogen-bond donors (Lipinski definition) is 2. The fourth-order valence-corrected chi connectivity index (χ4v) is 3.74. The van der Waals surface area contributed by atoms with Crippen molar-refractivity contribution in [3.05, 3.63) is 29.8 Å². The number of ether oxygens (including phenoxy) is 1. The summed E-state index contributed by atoms with van der Waals surface area (Å²) in [4.78, 5) is 49.6. The van der Waals surface area contributed by atoms with Crippen molar-refractivity contribution in [2.45, 2.75) is 38.1 Å². The number of urea groups is 1. The Balaban J connectivity index is 1.54. The molecular formula is C19H21F2N3O5. The van der Waals surface area contributed by atoms with Gasteiger partial charge in [0.15, 0.2) is 6.61 Å². The quantitative estimate of drug-likeness (QED) is 0.571. The lowest BCUT2D eigenvalue weighted by atomic mass is 9.73. The number of nitrogens with zero attached hydrogens (tertiary/aromatic N) is 1. The summed E-state index contributed by atoms with van der Waals surface area (Å²) in [5.41, 5.74) is -1.39. The van der Waals surface area contributed by atoms with Crippen LogP contribution in [0.2, 0.25) is 0 Å². The SMILES string of the molecule is C[C@@H]1CCCC[C@]12NC(=O)N(CC(=O)OCC(=O)Nc1cc(F)ccc1F)C2=O.